The minimum Gasteiger partial charge on any atom is -0.303 e. The van der Waals surface area contributed by atoms with Gasteiger partial charge in [0.1, 0.15) is 6.29 Å². The summed E-state index contributed by atoms with van der Waals surface area (Å²) in [5.41, 5.74) is 0. The van der Waals surface area contributed by atoms with Crippen LogP contribution in [0.5, 0.6) is 0 Å². The molecule has 0 bridgehead atoms. The van der Waals surface area contributed by atoms with Crippen molar-refractivity contribution in [3.63, 3.8) is 0 Å². The summed E-state index contributed by atoms with van der Waals surface area (Å²) in [4.78, 5) is 10.2. The number of hydrogen-bond donors (Lipinski definition) is 0. The van der Waals surface area contributed by atoms with Gasteiger partial charge in [0.2, 0.25) is 0 Å². The lowest BCUT2D eigenvalue weighted by molar-refractivity contribution is -0.111. The van der Waals surface area contributed by atoms with Gasteiger partial charge >= 0.3 is 0 Å². The van der Waals surface area contributed by atoms with Crippen molar-refractivity contribution >= 4 is 6.29 Å². The van der Waals surface area contributed by atoms with Gasteiger partial charge in [-0.15, -0.1) is 0 Å². The normalized spacial score (nSPS) is 30.2. The van der Waals surface area contributed by atoms with Crippen LogP contribution < -0.4 is 0 Å². The molecule has 1 aliphatic carbocycles. The van der Waals surface area contributed by atoms with Gasteiger partial charge in [0.05, 0.1) is 0 Å². The molecule has 0 fully saturated rings. The molecule has 0 aromatic rings. The Balaban J connectivity index is 2.69. The summed E-state index contributed by atoms with van der Waals surface area (Å²) in [5, 5.41) is 0. The molecule has 0 saturated heterocycles. The smallest absolute Gasteiger partial charge is 0.269 e. The standard InChI is InChI=1S/C10H14F2O/c11-10(12)7-4-2-1-3-5-9(10)6-8-13/h4,7-9H,1-3,5-6H2/b7-4-. The Hall–Kier alpha value is -0.730. The number of allylic oxidation sites excluding steroid dienone is 2. The second-order valence-corrected chi connectivity index (χ2v) is 3.46. The molecule has 1 nitrogen and oxygen atoms in total. The summed E-state index contributed by atoms with van der Waals surface area (Å²) >= 11 is 0. The molecule has 0 saturated carbocycles. The molecule has 0 heterocycles. The SMILES string of the molecule is O=CCC1CCCC/C=C\C1(F)F. The van der Waals surface area contributed by atoms with Crippen LogP contribution in [-0.4, -0.2) is 12.2 Å². The predicted molar refractivity (Wildman–Crippen MR) is 46.7 cm³/mol. The van der Waals surface area contributed by atoms with Gasteiger partial charge in [0.25, 0.3) is 5.92 Å². The number of carbonyl (C=O) groups excluding carboxylic acids is 1. The van der Waals surface area contributed by atoms with Crippen molar-refractivity contribution in [3.05, 3.63) is 12.2 Å². The monoisotopic (exact) mass is 188 g/mol. The van der Waals surface area contributed by atoms with Crippen LogP contribution >= 0.6 is 0 Å². The molecule has 1 rings (SSSR count). The Morgan fingerprint density at radius 2 is 2.23 bits per heavy atom. The van der Waals surface area contributed by atoms with E-state index in [1.165, 1.54) is 6.08 Å². The molecule has 0 N–H and O–H groups in total. The van der Waals surface area contributed by atoms with Gasteiger partial charge in [-0.05, 0) is 25.3 Å². The van der Waals surface area contributed by atoms with Crippen molar-refractivity contribution in [2.24, 2.45) is 5.92 Å². The Morgan fingerprint density at radius 3 is 2.92 bits per heavy atom. The van der Waals surface area contributed by atoms with Crippen LogP contribution in [0.15, 0.2) is 12.2 Å². The Labute approximate surface area is 76.8 Å². The number of aldehydes is 1. The summed E-state index contributed by atoms with van der Waals surface area (Å²) in [6, 6.07) is 0. The van der Waals surface area contributed by atoms with Crippen molar-refractivity contribution in [3.8, 4) is 0 Å². The molecule has 0 radical (unpaired) electrons. The maximum absolute atomic E-state index is 13.3. The summed E-state index contributed by atoms with van der Waals surface area (Å²) in [6.07, 6.45) is 5.96. The maximum Gasteiger partial charge on any atom is 0.269 e. The van der Waals surface area contributed by atoms with E-state index in [4.69, 9.17) is 0 Å². The van der Waals surface area contributed by atoms with E-state index in [-0.39, 0.29) is 6.42 Å². The van der Waals surface area contributed by atoms with E-state index in [9.17, 15) is 13.6 Å². The number of halogens is 2. The van der Waals surface area contributed by atoms with E-state index in [1.807, 2.05) is 0 Å². The molecular weight excluding hydrogens is 174 g/mol. The zero-order valence-electron chi connectivity index (χ0n) is 7.51. The summed E-state index contributed by atoms with van der Waals surface area (Å²) in [7, 11) is 0. The average Bonchev–Trinajstić information content (AvgIpc) is 2.06. The predicted octanol–water partition coefficient (Wildman–Crippen LogP) is 2.96. The molecule has 0 spiro atoms. The summed E-state index contributed by atoms with van der Waals surface area (Å²) < 4.78 is 26.5. The van der Waals surface area contributed by atoms with E-state index in [2.05, 4.69) is 0 Å². The summed E-state index contributed by atoms with van der Waals surface area (Å²) in [6.45, 7) is 0. The van der Waals surface area contributed by atoms with Crippen LogP contribution in [0.4, 0.5) is 8.78 Å². The molecule has 1 aliphatic rings. The zero-order valence-corrected chi connectivity index (χ0v) is 7.51. The van der Waals surface area contributed by atoms with E-state index >= 15 is 0 Å². The first-order valence-corrected chi connectivity index (χ1v) is 4.66. The van der Waals surface area contributed by atoms with Gasteiger partial charge in [-0.3, -0.25) is 0 Å². The van der Waals surface area contributed by atoms with E-state index < -0.39 is 11.8 Å². The van der Waals surface area contributed by atoms with Gasteiger partial charge in [0, 0.05) is 12.3 Å². The fourth-order valence-corrected chi connectivity index (χ4v) is 1.61. The van der Waals surface area contributed by atoms with E-state index in [1.54, 1.807) is 0 Å². The average molecular weight is 188 g/mol. The molecular formula is C10H14F2O. The zero-order chi connectivity index (χ0) is 9.73. The number of rotatable bonds is 2. The molecule has 0 aliphatic heterocycles. The molecule has 3 heteroatoms. The van der Waals surface area contributed by atoms with Crippen LogP contribution in [0.3, 0.4) is 0 Å². The van der Waals surface area contributed by atoms with Crippen molar-refractivity contribution in [2.75, 3.05) is 0 Å². The van der Waals surface area contributed by atoms with Crippen LogP contribution in [0.25, 0.3) is 0 Å². The molecule has 1 unspecified atom stereocenters. The van der Waals surface area contributed by atoms with Gasteiger partial charge in [-0.1, -0.05) is 12.5 Å². The third kappa shape index (κ3) is 2.90. The minimum absolute atomic E-state index is 0.0304. The van der Waals surface area contributed by atoms with Gasteiger partial charge in [-0.2, -0.15) is 0 Å². The highest BCUT2D eigenvalue weighted by Crippen LogP contribution is 2.34. The Morgan fingerprint density at radius 1 is 1.46 bits per heavy atom. The lowest BCUT2D eigenvalue weighted by Gasteiger charge is -2.23. The topological polar surface area (TPSA) is 17.1 Å². The van der Waals surface area contributed by atoms with Crippen molar-refractivity contribution < 1.29 is 13.6 Å². The highest BCUT2D eigenvalue weighted by Gasteiger charge is 2.36. The third-order valence-electron chi connectivity index (χ3n) is 2.44. The second kappa shape index (κ2) is 4.49. The third-order valence-corrected chi connectivity index (χ3v) is 2.44. The largest absolute Gasteiger partial charge is 0.303 e. The lowest BCUT2D eigenvalue weighted by Crippen LogP contribution is -2.27. The first-order valence-electron chi connectivity index (χ1n) is 4.66. The second-order valence-electron chi connectivity index (χ2n) is 3.46. The molecule has 0 amide bonds. The van der Waals surface area contributed by atoms with Crippen LogP contribution in [-0.2, 0) is 4.79 Å². The van der Waals surface area contributed by atoms with Gasteiger partial charge < -0.3 is 4.79 Å². The maximum atomic E-state index is 13.3. The van der Waals surface area contributed by atoms with Crippen molar-refractivity contribution in [1.82, 2.24) is 0 Å². The Bertz CT molecular complexity index is 199. The van der Waals surface area contributed by atoms with Crippen LogP contribution in [0, 0.1) is 5.92 Å². The van der Waals surface area contributed by atoms with E-state index in [0.717, 1.165) is 25.3 Å². The van der Waals surface area contributed by atoms with Crippen molar-refractivity contribution in [1.29, 1.82) is 0 Å². The minimum atomic E-state index is -2.79. The van der Waals surface area contributed by atoms with E-state index in [0.29, 0.717) is 12.7 Å². The number of hydrogen-bond acceptors (Lipinski definition) is 1. The quantitative estimate of drug-likeness (QED) is 0.481. The number of alkyl halides is 2. The first kappa shape index (κ1) is 10.4. The van der Waals surface area contributed by atoms with Crippen LogP contribution in [0.2, 0.25) is 0 Å². The van der Waals surface area contributed by atoms with Gasteiger partial charge in [-0.25, -0.2) is 8.78 Å². The highest BCUT2D eigenvalue weighted by molar-refractivity contribution is 5.50. The first-order chi connectivity index (χ1) is 6.17. The fourth-order valence-electron chi connectivity index (χ4n) is 1.61. The molecule has 0 aromatic carbocycles. The Kier molecular flexibility index (Phi) is 3.58. The highest BCUT2D eigenvalue weighted by atomic mass is 19.3. The molecule has 13 heavy (non-hydrogen) atoms. The van der Waals surface area contributed by atoms with Gasteiger partial charge in [0.15, 0.2) is 0 Å². The summed E-state index contributed by atoms with van der Waals surface area (Å²) in [5.74, 6) is -3.58. The molecule has 1 atom stereocenters. The van der Waals surface area contributed by atoms with Crippen LogP contribution in [0.1, 0.15) is 32.1 Å². The molecule has 0 aromatic heterocycles. The fraction of sp³-hybridized carbons (Fsp3) is 0.700. The lowest BCUT2D eigenvalue weighted by atomic mass is 9.89. The molecule has 74 valence electrons. The number of carbonyl (C=O) groups is 1. The van der Waals surface area contributed by atoms with Crippen molar-refractivity contribution in [2.45, 2.75) is 38.0 Å².